The average Bonchev–Trinajstić information content (AvgIpc) is 3.25. The lowest BCUT2D eigenvalue weighted by atomic mass is 10.1. The molecular weight excluding hydrogens is 384 g/mol. The summed E-state index contributed by atoms with van der Waals surface area (Å²) >= 11 is 0. The van der Waals surface area contributed by atoms with Gasteiger partial charge in [-0.15, -0.1) is 0 Å². The van der Waals surface area contributed by atoms with Crippen LogP contribution in [0.5, 0.6) is 0 Å². The molecule has 0 radical (unpaired) electrons. The quantitative estimate of drug-likeness (QED) is 0.597. The van der Waals surface area contributed by atoms with E-state index in [0.717, 1.165) is 16.7 Å². The fourth-order valence-corrected chi connectivity index (χ4v) is 2.75. The average molecular weight is 406 g/mol. The van der Waals surface area contributed by atoms with Crippen molar-refractivity contribution in [2.75, 3.05) is 17.2 Å². The first-order chi connectivity index (χ1) is 14.3. The van der Waals surface area contributed by atoms with Crippen molar-refractivity contribution in [3.63, 3.8) is 0 Å². The lowest BCUT2D eigenvalue weighted by molar-refractivity contribution is -0.119. The summed E-state index contributed by atoms with van der Waals surface area (Å²) in [5, 5.41) is 5.43. The highest BCUT2D eigenvalue weighted by molar-refractivity contribution is 6.03. The van der Waals surface area contributed by atoms with Crippen LogP contribution < -0.4 is 10.6 Å². The fraction of sp³-hybridized carbons (Fsp3) is 0.174. The van der Waals surface area contributed by atoms with Crippen LogP contribution >= 0.6 is 0 Å². The maximum absolute atomic E-state index is 12.4. The normalized spacial score (nSPS) is 10.4. The van der Waals surface area contributed by atoms with E-state index in [1.807, 2.05) is 32.0 Å². The predicted molar refractivity (Wildman–Crippen MR) is 113 cm³/mol. The van der Waals surface area contributed by atoms with Crippen LogP contribution in [0.25, 0.3) is 0 Å². The monoisotopic (exact) mass is 406 g/mol. The number of benzene rings is 2. The molecule has 1 heterocycles. The van der Waals surface area contributed by atoms with E-state index in [-0.39, 0.29) is 11.3 Å². The summed E-state index contributed by atoms with van der Waals surface area (Å²) < 4.78 is 10.2. The van der Waals surface area contributed by atoms with E-state index in [9.17, 15) is 14.4 Å². The molecule has 2 amide bonds. The fourth-order valence-electron chi connectivity index (χ4n) is 2.75. The van der Waals surface area contributed by atoms with Gasteiger partial charge in [0.1, 0.15) is 0 Å². The van der Waals surface area contributed by atoms with Crippen LogP contribution in [0.15, 0.2) is 59.2 Å². The molecule has 30 heavy (non-hydrogen) atoms. The molecule has 0 aliphatic heterocycles. The van der Waals surface area contributed by atoms with Gasteiger partial charge in [0.05, 0.1) is 11.8 Å². The van der Waals surface area contributed by atoms with Gasteiger partial charge in [-0.2, -0.15) is 0 Å². The van der Waals surface area contributed by atoms with E-state index < -0.39 is 24.4 Å². The first-order valence-electron chi connectivity index (χ1n) is 9.33. The van der Waals surface area contributed by atoms with Crippen LogP contribution in [-0.4, -0.2) is 24.4 Å². The van der Waals surface area contributed by atoms with Crippen molar-refractivity contribution >= 4 is 29.2 Å². The van der Waals surface area contributed by atoms with E-state index in [0.29, 0.717) is 11.4 Å². The summed E-state index contributed by atoms with van der Waals surface area (Å²) in [6.45, 7) is 5.18. The Hall–Kier alpha value is -3.87. The van der Waals surface area contributed by atoms with Gasteiger partial charge in [0.25, 0.3) is 11.8 Å². The second-order valence-corrected chi connectivity index (χ2v) is 6.90. The van der Waals surface area contributed by atoms with Crippen LogP contribution in [0.1, 0.15) is 37.6 Å². The minimum Gasteiger partial charge on any atom is -0.459 e. The lowest BCUT2D eigenvalue weighted by Gasteiger charge is -2.11. The Bertz CT molecular complexity index is 1090. The van der Waals surface area contributed by atoms with Crippen molar-refractivity contribution < 1.29 is 23.5 Å². The number of rotatable bonds is 6. The third-order valence-electron chi connectivity index (χ3n) is 4.47. The SMILES string of the molecule is Cc1ccc(C)c(NC(=O)COC(=O)c2ccc(C)c(NC(=O)c3ccco3)c2)c1. The second-order valence-electron chi connectivity index (χ2n) is 6.90. The molecule has 0 saturated carbocycles. The first-order valence-corrected chi connectivity index (χ1v) is 9.33. The molecule has 0 unspecified atom stereocenters. The number of hydrogen-bond acceptors (Lipinski definition) is 5. The Balaban J connectivity index is 1.62. The molecule has 3 rings (SSSR count). The number of aryl methyl sites for hydroxylation is 3. The summed E-state index contributed by atoms with van der Waals surface area (Å²) in [6, 6.07) is 13.6. The van der Waals surface area contributed by atoms with Crippen molar-refractivity contribution in [3.8, 4) is 0 Å². The standard InChI is InChI=1S/C23H22N2O5/c1-14-6-7-15(2)18(11-14)24-21(26)13-30-23(28)17-9-8-16(3)19(12-17)25-22(27)20-5-4-10-29-20/h4-12H,13H2,1-3H3,(H,24,26)(H,25,27). The molecule has 0 spiro atoms. The molecule has 0 fully saturated rings. The number of nitrogens with one attached hydrogen (secondary N) is 2. The number of furan rings is 1. The molecule has 3 aromatic rings. The molecule has 2 N–H and O–H groups in total. The van der Waals surface area contributed by atoms with E-state index in [4.69, 9.17) is 9.15 Å². The Morgan fingerprint density at radius 2 is 1.60 bits per heavy atom. The first kappa shape index (κ1) is 20.9. The van der Waals surface area contributed by atoms with Gasteiger partial charge in [0.15, 0.2) is 12.4 Å². The van der Waals surface area contributed by atoms with Gasteiger partial charge in [-0.05, 0) is 67.8 Å². The van der Waals surface area contributed by atoms with E-state index in [2.05, 4.69) is 10.6 Å². The van der Waals surface area contributed by atoms with Crippen molar-refractivity contribution in [3.05, 3.63) is 82.8 Å². The molecular formula is C23H22N2O5. The van der Waals surface area contributed by atoms with Gasteiger partial charge >= 0.3 is 5.97 Å². The number of anilines is 2. The second kappa shape index (κ2) is 9.09. The van der Waals surface area contributed by atoms with E-state index in [1.165, 1.54) is 18.4 Å². The number of carbonyl (C=O) groups is 3. The summed E-state index contributed by atoms with van der Waals surface area (Å²) in [7, 11) is 0. The van der Waals surface area contributed by atoms with Gasteiger partial charge in [-0.1, -0.05) is 18.2 Å². The van der Waals surface area contributed by atoms with Gasteiger partial charge < -0.3 is 19.8 Å². The summed E-state index contributed by atoms with van der Waals surface area (Å²) in [5.74, 6) is -1.37. The largest absolute Gasteiger partial charge is 0.459 e. The highest BCUT2D eigenvalue weighted by Gasteiger charge is 2.15. The van der Waals surface area contributed by atoms with Crippen LogP contribution in [0.3, 0.4) is 0 Å². The van der Waals surface area contributed by atoms with Crippen molar-refractivity contribution in [2.24, 2.45) is 0 Å². The molecule has 0 atom stereocenters. The molecule has 7 heteroatoms. The highest BCUT2D eigenvalue weighted by Crippen LogP contribution is 2.19. The maximum atomic E-state index is 12.4. The Labute approximate surface area is 174 Å². The predicted octanol–water partition coefficient (Wildman–Crippen LogP) is 4.25. The van der Waals surface area contributed by atoms with E-state index >= 15 is 0 Å². The van der Waals surface area contributed by atoms with Crippen LogP contribution in [-0.2, 0) is 9.53 Å². The summed E-state index contributed by atoms with van der Waals surface area (Å²) in [6.07, 6.45) is 1.40. The number of carbonyl (C=O) groups excluding carboxylic acids is 3. The van der Waals surface area contributed by atoms with Crippen LogP contribution in [0.2, 0.25) is 0 Å². The van der Waals surface area contributed by atoms with Gasteiger partial charge in [-0.25, -0.2) is 4.79 Å². The minimum absolute atomic E-state index is 0.158. The number of esters is 1. The Morgan fingerprint density at radius 1 is 0.900 bits per heavy atom. The van der Waals surface area contributed by atoms with Crippen LogP contribution in [0.4, 0.5) is 11.4 Å². The summed E-state index contributed by atoms with van der Waals surface area (Å²) in [4.78, 5) is 36.7. The number of hydrogen-bond donors (Lipinski definition) is 2. The third kappa shape index (κ3) is 5.14. The molecule has 1 aromatic heterocycles. The highest BCUT2D eigenvalue weighted by atomic mass is 16.5. The van der Waals surface area contributed by atoms with Crippen LogP contribution in [0, 0.1) is 20.8 Å². The molecule has 2 aromatic carbocycles. The van der Waals surface area contributed by atoms with Crippen molar-refractivity contribution in [1.29, 1.82) is 0 Å². The lowest BCUT2D eigenvalue weighted by Crippen LogP contribution is -2.21. The zero-order valence-corrected chi connectivity index (χ0v) is 16.9. The van der Waals surface area contributed by atoms with E-state index in [1.54, 1.807) is 25.1 Å². The zero-order valence-electron chi connectivity index (χ0n) is 16.9. The molecule has 0 aliphatic rings. The topological polar surface area (TPSA) is 97.6 Å². The van der Waals surface area contributed by atoms with Gasteiger partial charge in [0.2, 0.25) is 0 Å². The van der Waals surface area contributed by atoms with Crippen molar-refractivity contribution in [1.82, 2.24) is 0 Å². The van der Waals surface area contributed by atoms with Gasteiger partial charge in [-0.3, -0.25) is 9.59 Å². The maximum Gasteiger partial charge on any atom is 0.338 e. The molecule has 7 nitrogen and oxygen atoms in total. The Morgan fingerprint density at radius 3 is 2.30 bits per heavy atom. The molecule has 0 saturated heterocycles. The number of ether oxygens (including phenoxy) is 1. The smallest absolute Gasteiger partial charge is 0.338 e. The third-order valence-corrected chi connectivity index (χ3v) is 4.47. The summed E-state index contributed by atoms with van der Waals surface area (Å²) in [5.41, 5.74) is 4.03. The van der Waals surface area contributed by atoms with Gasteiger partial charge in [0, 0.05) is 11.4 Å². The molecule has 0 aliphatic carbocycles. The molecule has 154 valence electrons. The van der Waals surface area contributed by atoms with Crippen molar-refractivity contribution in [2.45, 2.75) is 20.8 Å². The number of amides is 2. The Kier molecular flexibility index (Phi) is 6.32. The zero-order chi connectivity index (χ0) is 21.7. The molecule has 0 bridgehead atoms. The minimum atomic E-state index is -0.667.